The molecule has 0 spiro atoms. The maximum absolute atomic E-state index is 11.4. The maximum Gasteiger partial charge on any atom is 0.311 e. The number of carbonyl (C=O) groups is 1. The predicted molar refractivity (Wildman–Crippen MR) is 78.8 cm³/mol. The van der Waals surface area contributed by atoms with E-state index >= 15 is 0 Å². The van der Waals surface area contributed by atoms with Gasteiger partial charge in [0.2, 0.25) is 0 Å². The van der Waals surface area contributed by atoms with Crippen LogP contribution in [0, 0.1) is 0 Å². The van der Waals surface area contributed by atoms with E-state index in [0.29, 0.717) is 6.61 Å². The summed E-state index contributed by atoms with van der Waals surface area (Å²) in [7, 11) is 0. The summed E-state index contributed by atoms with van der Waals surface area (Å²) >= 11 is 3.19. The van der Waals surface area contributed by atoms with E-state index in [0.717, 1.165) is 10.8 Å². The highest BCUT2D eigenvalue weighted by Crippen LogP contribution is 2.23. The number of aromatic nitrogens is 1. The van der Waals surface area contributed by atoms with Crippen molar-refractivity contribution in [3.05, 3.63) is 33.5 Å². The van der Waals surface area contributed by atoms with E-state index in [1.165, 1.54) is 16.9 Å². The number of hydrogen-bond acceptors (Lipinski definition) is 6. The zero-order chi connectivity index (χ0) is 13.7. The van der Waals surface area contributed by atoms with Gasteiger partial charge in [0.25, 0.3) is 0 Å². The molecule has 0 saturated heterocycles. The van der Waals surface area contributed by atoms with Crippen molar-refractivity contribution in [1.29, 1.82) is 0 Å². The summed E-state index contributed by atoms with van der Waals surface area (Å²) in [6.45, 7) is 4.30. The third-order valence-electron chi connectivity index (χ3n) is 2.57. The summed E-state index contributed by atoms with van der Waals surface area (Å²) in [5.41, 5.74) is 2.00. The first kappa shape index (κ1) is 14.0. The van der Waals surface area contributed by atoms with E-state index in [-0.39, 0.29) is 18.4 Å². The second-order valence-corrected chi connectivity index (χ2v) is 5.69. The summed E-state index contributed by atoms with van der Waals surface area (Å²) < 4.78 is 4.90. The third-order valence-corrected chi connectivity index (χ3v) is 4.09. The van der Waals surface area contributed by atoms with Gasteiger partial charge in [-0.05, 0) is 36.2 Å². The molecule has 0 fully saturated rings. The molecule has 0 aliphatic carbocycles. The molecule has 2 heterocycles. The van der Waals surface area contributed by atoms with E-state index in [1.807, 2.05) is 5.38 Å². The Kier molecular flexibility index (Phi) is 4.93. The molecule has 0 radical (unpaired) electrons. The van der Waals surface area contributed by atoms with Gasteiger partial charge in [0.1, 0.15) is 0 Å². The van der Waals surface area contributed by atoms with E-state index < -0.39 is 0 Å². The molecule has 2 aromatic rings. The number of nitrogens with zero attached hydrogens (tertiary/aromatic N) is 1. The number of rotatable bonds is 6. The molecule has 1 atom stereocenters. The average molecular weight is 296 g/mol. The molecule has 0 amide bonds. The normalized spacial score (nSPS) is 12.1. The fourth-order valence-electron chi connectivity index (χ4n) is 1.60. The van der Waals surface area contributed by atoms with Crippen LogP contribution in [0.4, 0.5) is 5.13 Å². The molecule has 102 valence electrons. The lowest BCUT2D eigenvalue weighted by atomic mass is 10.2. The predicted octanol–water partition coefficient (Wildman–Crippen LogP) is 3.48. The Morgan fingerprint density at radius 1 is 1.53 bits per heavy atom. The van der Waals surface area contributed by atoms with Crippen LogP contribution < -0.4 is 5.32 Å². The van der Waals surface area contributed by atoms with Crippen LogP contribution in [0.15, 0.2) is 22.2 Å². The van der Waals surface area contributed by atoms with Crippen LogP contribution in [0.25, 0.3) is 0 Å². The minimum atomic E-state index is -0.231. The highest BCUT2D eigenvalue weighted by atomic mass is 32.1. The Bertz CT molecular complexity index is 522. The van der Waals surface area contributed by atoms with Gasteiger partial charge in [-0.3, -0.25) is 4.79 Å². The molecule has 19 heavy (non-hydrogen) atoms. The van der Waals surface area contributed by atoms with E-state index in [2.05, 4.69) is 34.1 Å². The second-order valence-electron chi connectivity index (χ2n) is 4.05. The number of nitrogens with one attached hydrogen (secondary N) is 1. The number of anilines is 1. The standard InChI is InChI=1S/C13H16N2O2S2/c1-3-17-12(16)6-11-8-19-13(15-11)14-9(2)10-4-5-18-7-10/h4-5,7-9H,3,6H2,1-2H3,(H,14,15). The van der Waals surface area contributed by atoms with Crippen LogP contribution in [0.5, 0.6) is 0 Å². The monoisotopic (exact) mass is 296 g/mol. The van der Waals surface area contributed by atoms with Crippen molar-refractivity contribution in [3.63, 3.8) is 0 Å². The molecule has 4 nitrogen and oxygen atoms in total. The van der Waals surface area contributed by atoms with Gasteiger partial charge < -0.3 is 10.1 Å². The van der Waals surface area contributed by atoms with Crippen molar-refractivity contribution in [1.82, 2.24) is 4.98 Å². The van der Waals surface area contributed by atoms with Crippen LogP contribution in [0.2, 0.25) is 0 Å². The van der Waals surface area contributed by atoms with Crippen LogP contribution >= 0.6 is 22.7 Å². The zero-order valence-corrected chi connectivity index (χ0v) is 12.5. The van der Waals surface area contributed by atoms with Crippen molar-refractivity contribution in [3.8, 4) is 0 Å². The number of thiophene rings is 1. The van der Waals surface area contributed by atoms with Gasteiger partial charge in [-0.1, -0.05) is 0 Å². The van der Waals surface area contributed by atoms with Crippen molar-refractivity contribution in [2.75, 3.05) is 11.9 Å². The Morgan fingerprint density at radius 2 is 2.37 bits per heavy atom. The highest BCUT2D eigenvalue weighted by Gasteiger charge is 2.11. The van der Waals surface area contributed by atoms with E-state index in [1.54, 1.807) is 18.3 Å². The molecular formula is C13H16N2O2S2. The SMILES string of the molecule is CCOC(=O)Cc1csc(NC(C)c2ccsc2)n1. The molecule has 0 bridgehead atoms. The van der Waals surface area contributed by atoms with E-state index in [9.17, 15) is 4.79 Å². The molecule has 1 N–H and O–H groups in total. The number of ether oxygens (including phenoxy) is 1. The molecule has 0 aromatic carbocycles. The van der Waals surface area contributed by atoms with Gasteiger partial charge >= 0.3 is 5.97 Å². The summed E-state index contributed by atoms with van der Waals surface area (Å²) in [4.78, 5) is 15.7. The summed E-state index contributed by atoms with van der Waals surface area (Å²) in [6.07, 6.45) is 0.235. The number of thiazole rings is 1. The zero-order valence-electron chi connectivity index (χ0n) is 10.9. The quantitative estimate of drug-likeness (QED) is 0.829. The summed E-state index contributed by atoms with van der Waals surface area (Å²) in [6, 6.07) is 2.31. The molecular weight excluding hydrogens is 280 g/mol. The van der Waals surface area contributed by atoms with Crippen LogP contribution in [-0.4, -0.2) is 17.6 Å². The number of carbonyl (C=O) groups excluding carboxylic acids is 1. The second kappa shape index (κ2) is 6.68. The topological polar surface area (TPSA) is 51.2 Å². The Labute approximate surface area is 120 Å². The summed E-state index contributed by atoms with van der Waals surface area (Å²) in [5.74, 6) is -0.231. The molecule has 2 aromatic heterocycles. The fourth-order valence-corrected chi connectivity index (χ4v) is 3.16. The lowest BCUT2D eigenvalue weighted by molar-refractivity contribution is -0.142. The minimum Gasteiger partial charge on any atom is -0.466 e. The Hall–Kier alpha value is -1.40. The maximum atomic E-state index is 11.4. The first-order valence-corrected chi connectivity index (χ1v) is 7.90. The summed E-state index contributed by atoms with van der Waals surface area (Å²) in [5, 5.41) is 10.2. The molecule has 6 heteroatoms. The van der Waals surface area contributed by atoms with Crippen molar-refractivity contribution in [2.24, 2.45) is 0 Å². The molecule has 1 unspecified atom stereocenters. The fraction of sp³-hybridized carbons (Fsp3) is 0.385. The first-order chi connectivity index (χ1) is 9.19. The first-order valence-electron chi connectivity index (χ1n) is 6.07. The smallest absolute Gasteiger partial charge is 0.311 e. The molecule has 0 saturated carbocycles. The lowest BCUT2D eigenvalue weighted by Crippen LogP contribution is -2.08. The van der Waals surface area contributed by atoms with Gasteiger partial charge in [-0.2, -0.15) is 11.3 Å². The molecule has 0 aliphatic heterocycles. The number of esters is 1. The van der Waals surface area contributed by atoms with Crippen LogP contribution in [0.3, 0.4) is 0 Å². The van der Waals surface area contributed by atoms with Crippen LogP contribution in [0.1, 0.15) is 31.1 Å². The highest BCUT2D eigenvalue weighted by molar-refractivity contribution is 7.13. The molecule has 2 rings (SSSR count). The van der Waals surface area contributed by atoms with E-state index in [4.69, 9.17) is 4.74 Å². The van der Waals surface area contributed by atoms with Gasteiger partial charge in [0.15, 0.2) is 5.13 Å². The van der Waals surface area contributed by atoms with Crippen molar-refractivity contribution in [2.45, 2.75) is 26.3 Å². The number of hydrogen-bond donors (Lipinski definition) is 1. The minimum absolute atomic E-state index is 0.216. The van der Waals surface area contributed by atoms with Gasteiger partial charge in [0, 0.05) is 5.38 Å². The largest absolute Gasteiger partial charge is 0.466 e. The third kappa shape index (κ3) is 4.04. The van der Waals surface area contributed by atoms with Gasteiger partial charge in [0.05, 0.1) is 24.8 Å². The lowest BCUT2D eigenvalue weighted by Gasteiger charge is -2.10. The molecule has 0 aliphatic rings. The van der Waals surface area contributed by atoms with Gasteiger partial charge in [-0.25, -0.2) is 4.98 Å². The van der Waals surface area contributed by atoms with Crippen molar-refractivity contribution >= 4 is 33.8 Å². The Morgan fingerprint density at radius 3 is 3.05 bits per heavy atom. The van der Waals surface area contributed by atoms with Crippen LogP contribution in [-0.2, 0) is 16.0 Å². The Balaban J connectivity index is 1.92. The average Bonchev–Trinajstić information content (AvgIpc) is 3.00. The van der Waals surface area contributed by atoms with Gasteiger partial charge in [-0.15, -0.1) is 11.3 Å². The van der Waals surface area contributed by atoms with Crippen molar-refractivity contribution < 1.29 is 9.53 Å².